The molecule has 0 aromatic carbocycles. The Labute approximate surface area is 113 Å². The van der Waals surface area contributed by atoms with Crippen molar-refractivity contribution in [2.45, 2.75) is 6.42 Å². The van der Waals surface area contributed by atoms with Crippen LogP contribution in [0.1, 0.15) is 16.8 Å². The second kappa shape index (κ2) is 4.85. The second-order valence-electron chi connectivity index (χ2n) is 4.14. The summed E-state index contributed by atoms with van der Waals surface area (Å²) < 4.78 is 0. The largest absolute Gasteiger partial charge is 0.478 e. The highest BCUT2D eigenvalue weighted by Crippen LogP contribution is 2.28. The van der Waals surface area contributed by atoms with Crippen molar-refractivity contribution >= 4 is 35.1 Å². The zero-order chi connectivity index (χ0) is 14.2. The third-order valence-electron chi connectivity index (χ3n) is 2.90. The minimum Gasteiger partial charge on any atom is -0.478 e. The van der Waals surface area contributed by atoms with E-state index in [1.807, 2.05) is 0 Å². The second-order valence-corrected chi connectivity index (χ2v) is 4.52. The van der Waals surface area contributed by atoms with Gasteiger partial charge in [-0.15, -0.1) is 0 Å². The van der Waals surface area contributed by atoms with Gasteiger partial charge in [-0.25, -0.2) is 9.78 Å². The van der Waals surface area contributed by atoms with Crippen molar-refractivity contribution in [1.29, 1.82) is 0 Å². The number of carboxylic acid groups (broad SMARTS) is 1. The summed E-state index contributed by atoms with van der Waals surface area (Å²) in [5, 5.41) is 9.11. The number of pyridine rings is 1. The quantitative estimate of drug-likeness (QED) is 0.773. The Morgan fingerprint density at radius 1 is 1.53 bits per heavy atom. The van der Waals surface area contributed by atoms with Crippen molar-refractivity contribution < 1.29 is 19.5 Å². The van der Waals surface area contributed by atoms with Crippen molar-refractivity contribution in [2.75, 3.05) is 11.4 Å². The fourth-order valence-electron chi connectivity index (χ4n) is 1.94. The lowest BCUT2D eigenvalue weighted by Crippen LogP contribution is -2.29. The van der Waals surface area contributed by atoms with Gasteiger partial charge in [-0.2, -0.15) is 0 Å². The van der Waals surface area contributed by atoms with Gasteiger partial charge >= 0.3 is 5.97 Å². The average Bonchev–Trinajstić information content (AvgIpc) is 2.71. The highest BCUT2D eigenvalue weighted by Gasteiger charge is 2.35. The maximum Gasteiger partial charge on any atom is 0.337 e. The molecular weight excluding hydrogens is 274 g/mol. The summed E-state index contributed by atoms with van der Waals surface area (Å²) in [7, 11) is 0. The molecule has 1 fully saturated rings. The molecular formula is C11H10ClN3O4. The summed E-state index contributed by atoms with van der Waals surface area (Å²) in [4.78, 5) is 39.0. The smallest absolute Gasteiger partial charge is 0.337 e. The fraction of sp³-hybridized carbons (Fsp3) is 0.273. The monoisotopic (exact) mass is 283 g/mol. The first-order chi connectivity index (χ1) is 8.90. The van der Waals surface area contributed by atoms with Gasteiger partial charge in [0.1, 0.15) is 5.15 Å². The Hall–Kier alpha value is -2.15. The van der Waals surface area contributed by atoms with Gasteiger partial charge in [0.25, 0.3) is 0 Å². The fourth-order valence-corrected chi connectivity index (χ4v) is 2.10. The van der Waals surface area contributed by atoms with Crippen molar-refractivity contribution in [3.63, 3.8) is 0 Å². The molecule has 7 nitrogen and oxygen atoms in total. The molecule has 2 amide bonds. The molecule has 2 rings (SSSR count). The summed E-state index contributed by atoms with van der Waals surface area (Å²) >= 11 is 5.63. The number of primary amides is 1. The Kier molecular flexibility index (Phi) is 3.39. The molecule has 100 valence electrons. The number of amides is 2. The van der Waals surface area contributed by atoms with E-state index in [4.69, 9.17) is 22.4 Å². The van der Waals surface area contributed by atoms with Gasteiger partial charge in [0, 0.05) is 13.0 Å². The lowest BCUT2D eigenvalue weighted by atomic mass is 10.1. The van der Waals surface area contributed by atoms with Crippen LogP contribution in [0.4, 0.5) is 5.69 Å². The number of nitrogens with zero attached hydrogens (tertiary/aromatic N) is 2. The third kappa shape index (κ3) is 2.50. The number of aromatic nitrogens is 1. The number of anilines is 1. The highest BCUT2D eigenvalue weighted by atomic mass is 35.5. The molecule has 19 heavy (non-hydrogen) atoms. The first-order valence-electron chi connectivity index (χ1n) is 5.38. The van der Waals surface area contributed by atoms with Crippen molar-refractivity contribution in [3.05, 3.63) is 23.0 Å². The summed E-state index contributed by atoms with van der Waals surface area (Å²) in [5.74, 6) is -2.80. The van der Waals surface area contributed by atoms with E-state index in [2.05, 4.69) is 4.98 Å². The summed E-state index contributed by atoms with van der Waals surface area (Å²) in [5.41, 5.74) is 5.13. The topological polar surface area (TPSA) is 114 Å². The van der Waals surface area contributed by atoms with Crippen LogP contribution in [0.5, 0.6) is 0 Å². The van der Waals surface area contributed by atoms with E-state index < -0.39 is 17.8 Å². The number of carbonyl (C=O) groups excluding carboxylic acids is 2. The Balaban J connectivity index is 2.40. The summed E-state index contributed by atoms with van der Waals surface area (Å²) in [6.45, 7) is 0.0533. The highest BCUT2D eigenvalue weighted by molar-refractivity contribution is 6.30. The first kappa shape index (κ1) is 13.3. The molecule has 1 saturated heterocycles. The van der Waals surface area contributed by atoms with Gasteiger partial charge < -0.3 is 15.7 Å². The average molecular weight is 284 g/mol. The Bertz CT molecular complexity index is 575. The van der Waals surface area contributed by atoms with Crippen LogP contribution in [0.2, 0.25) is 5.15 Å². The third-order valence-corrected chi connectivity index (χ3v) is 3.10. The molecule has 1 aliphatic heterocycles. The van der Waals surface area contributed by atoms with Crippen LogP contribution in [-0.2, 0) is 9.59 Å². The number of hydrogen-bond acceptors (Lipinski definition) is 4. The minimum atomic E-state index is -1.23. The van der Waals surface area contributed by atoms with Crippen LogP contribution >= 0.6 is 11.6 Å². The predicted octanol–water partition coefficient (Wildman–Crippen LogP) is 0.271. The van der Waals surface area contributed by atoms with Crippen LogP contribution in [-0.4, -0.2) is 34.4 Å². The van der Waals surface area contributed by atoms with E-state index in [0.717, 1.165) is 6.07 Å². The predicted molar refractivity (Wildman–Crippen MR) is 65.9 cm³/mol. The molecule has 0 spiro atoms. The SMILES string of the molecule is NC(=O)C1CC(=O)N(c2cnc(Cl)cc2C(=O)O)C1. The molecule has 1 aromatic heterocycles. The number of halogens is 1. The zero-order valence-corrected chi connectivity index (χ0v) is 10.4. The van der Waals surface area contributed by atoms with Crippen LogP contribution in [0.15, 0.2) is 12.3 Å². The van der Waals surface area contributed by atoms with E-state index in [0.29, 0.717) is 0 Å². The molecule has 3 N–H and O–H groups in total. The Morgan fingerprint density at radius 2 is 2.21 bits per heavy atom. The molecule has 1 aliphatic rings. The van der Waals surface area contributed by atoms with Gasteiger partial charge in [0.2, 0.25) is 11.8 Å². The molecule has 0 aliphatic carbocycles. The van der Waals surface area contributed by atoms with Crippen molar-refractivity contribution in [3.8, 4) is 0 Å². The Morgan fingerprint density at radius 3 is 2.74 bits per heavy atom. The normalized spacial score (nSPS) is 18.7. The summed E-state index contributed by atoms with van der Waals surface area (Å²) in [6.07, 6.45) is 1.17. The molecule has 0 bridgehead atoms. The molecule has 8 heteroatoms. The van der Waals surface area contributed by atoms with E-state index in [9.17, 15) is 14.4 Å². The number of rotatable bonds is 3. The molecule has 2 heterocycles. The minimum absolute atomic E-state index is 0.0132. The van der Waals surface area contributed by atoms with E-state index in [1.54, 1.807) is 0 Å². The molecule has 1 unspecified atom stereocenters. The van der Waals surface area contributed by atoms with Gasteiger partial charge in [0.05, 0.1) is 23.4 Å². The van der Waals surface area contributed by atoms with Gasteiger partial charge in [-0.1, -0.05) is 11.6 Å². The van der Waals surface area contributed by atoms with Crippen molar-refractivity contribution in [2.24, 2.45) is 11.7 Å². The van der Waals surface area contributed by atoms with Gasteiger partial charge in [0.15, 0.2) is 0 Å². The van der Waals surface area contributed by atoms with E-state index in [-0.39, 0.29) is 35.3 Å². The molecule has 1 atom stereocenters. The van der Waals surface area contributed by atoms with Crippen LogP contribution in [0, 0.1) is 5.92 Å². The molecule has 0 saturated carbocycles. The van der Waals surface area contributed by atoms with Crippen LogP contribution < -0.4 is 10.6 Å². The molecule has 1 aromatic rings. The van der Waals surface area contributed by atoms with Crippen LogP contribution in [0.25, 0.3) is 0 Å². The summed E-state index contributed by atoms with van der Waals surface area (Å²) in [6, 6.07) is 1.16. The first-order valence-corrected chi connectivity index (χ1v) is 5.76. The van der Waals surface area contributed by atoms with Crippen molar-refractivity contribution in [1.82, 2.24) is 4.98 Å². The number of carboxylic acids is 1. The number of nitrogens with two attached hydrogens (primary N) is 1. The standard InChI is InChI=1S/C11H10ClN3O4/c12-8-2-6(11(18)19)7(3-14-8)15-4-5(10(13)17)1-9(15)16/h2-3,5H,1,4H2,(H2,13,17)(H,18,19). The van der Waals surface area contributed by atoms with Gasteiger partial charge in [-0.05, 0) is 6.07 Å². The lowest BCUT2D eigenvalue weighted by Gasteiger charge is -2.18. The lowest BCUT2D eigenvalue weighted by molar-refractivity contribution is -0.123. The number of carbonyl (C=O) groups is 3. The number of hydrogen-bond donors (Lipinski definition) is 2. The number of aromatic carboxylic acids is 1. The maximum absolute atomic E-state index is 11.8. The van der Waals surface area contributed by atoms with E-state index in [1.165, 1.54) is 11.1 Å². The maximum atomic E-state index is 11.8. The van der Waals surface area contributed by atoms with E-state index >= 15 is 0 Å². The van der Waals surface area contributed by atoms with Crippen LogP contribution in [0.3, 0.4) is 0 Å². The van der Waals surface area contributed by atoms with Gasteiger partial charge in [-0.3, -0.25) is 9.59 Å². The zero-order valence-electron chi connectivity index (χ0n) is 9.67. The molecule has 0 radical (unpaired) electrons.